The number of Topliss-reactive ketones (excluding diaryl/α,β-unsaturated/α-hetero) is 1. The smallest absolute Gasteiger partial charge is 0.182 e. The molecule has 2 rings (SSSR count). The van der Waals surface area contributed by atoms with Crippen LogP contribution in [0.1, 0.15) is 67.8 Å². The number of aryl methyl sites for hydroxylation is 1. The van der Waals surface area contributed by atoms with Crippen molar-refractivity contribution in [3.63, 3.8) is 0 Å². The predicted octanol–water partition coefficient (Wildman–Crippen LogP) is 4.67. The topological polar surface area (TPSA) is 22.0 Å². The summed E-state index contributed by atoms with van der Waals surface area (Å²) in [6.07, 6.45) is 3.64. The quantitative estimate of drug-likeness (QED) is 0.583. The van der Waals surface area contributed by atoms with E-state index in [1.54, 1.807) is 6.92 Å². The minimum Gasteiger partial charge on any atom is -0.345 e. The maximum absolute atomic E-state index is 12.1. The Hall–Kier alpha value is -0.760. The van der Waals surface area contributed by atoms with Gasteiger partial charge in [-0.2, -0.15) is 0 Å². The van der Waals surface area contributed by atoms with Gasteiger partial charge in [0.2, 0.25) is 0 Å². The minimum atomic E-state index is -0.450. The second kappa shape index (κ2) is 4.97. The van der Waals surface area contributed by atoms with Gasteiger partial charge in [0.15, 0.2) is 5.78 Å². The molecule has 106 valence electrons. The maximum Gasteiger partial charge on any atom is 0.182 e. The van der Waals surface area contributed by atoms with Gasteiger partial charge in [0.25, 0.3) is 0 Å². The molecule has 3 heteroatoms. The van der Waals surface area contributed by atoms with Crippen molar-refractivity contribution < 1.29 is 4.79 Å². The van der Waals surface area contributed by atoms with Gasteiger partial charge in [-0.25, -0.2) is 0 Å². The van der Waals surface area contributed by atoms with Gasteiger partial charge in [-0.3, -0.25) is 4.79 Å². The third kappa shape index (κ3) is 2.74. The lowest BCUT2D eigenvalue weighted by atomic mass is 9.92. The van der Waals surface area contributed by atoms with Crippen LogP contribution in [-0.2, 0) is 0 Å². The Kier molecular flexibility index (Phi) is 3.83. The average molecular weight is 282 g/mol. The van der Waals surface area contributed by atoms with Gasteiger partial charge in [0.05, 0.1) is 5.38 Å². The molecular weight excluding hydrogens is 258 g/mol. The van der Waals surface area contributed by atoms with Crippen molar-refractivity contribution in [2.24, 2.45) is 5.41 Å². The Morgan fingerprint density at radius 3 is 2.58 bits per heavy atom. The van der Waals surface area contributed by atoms with Crippen LogP contribution in [0.4, 0.5) is 0 Å². The first-order valence-electron chi connectivity index (χ1n) is 7.09. The highest BCUT2D eigenvalue weighted by Crippen LogP contribution is 2.44. The van der Waals surface area contributed by atoms with E-state index in [4.69, 9.17) is 11.6 Å². The molecule has 1 aromatic heterocycles. The highest BCUT2D eigenvalue weighted by Gasteiger charge is 2.33. The van der Waals surface area contributed by atoms with Crippen molar-refractivity contribution in [3.05, 3.63) is 23.0 Å². The summed E-state index contributed by atoms with van der Waals surface area (Å²) in [6.45, 7) is 10.5. The zero-order chi connectivity index (χ0) is 14.4. The Morgan fingerprint density at radius 1 is 1.47 bits per heavy atom. The third-order valence-corrected chi connectivity index (χ3v) is 4.62. The largest absolute Gasteiger partial charge is 0.345 e. The highest BCUT2D eigenvalue weighted by atomic mass is 35.5. The molecule has 0 spiro atoms. The summed E-state index contributed by atoms with van der Waals surface area (Å²) in [6, 6.07) is 2.53. The standard InChI is InChI=1S/C16H24ClNO/c1-10-8-14(15(19)11(2)17)12(3)18(10)13-6-7-16(4,5)9-13/h8,11,13H,6-7,9H2,1-5H3. The maximum atomic E-state index is 12.1. The normalized spacial score (nSPS) is 23.6. The fourth-order valence-corrected chi connectivity index (χ4v) is 3.54. The van der Waals surface area contributed by atoms with E-state index in [-0.39, 0.29) is 5.78 Å². The van der Waals surface area contributed by atoms with Gasteiger partial charge < -0.3 is 4.57 Å². The molecule has 2 unspecified atom stereocenters. The molecule has 0 saturated heterocycles. The molecule has 1 saturated carbocycles. The molecular formula is C16H24ClNO. The lowest BCUT2D eigenvalue weighted by molar-refractivity contribution is 0.0991. The molecule has 1 heterocycles. The fourth-order valence-electron chi connectivity index (χ4n) is 3.42. The van der Waals surface area contributed by atoms with Crippen molar-refractivity contribution in [1.82, 2.24) is 4.57 Å². The van der Waals surface area contributed by atoms with E-state index in [1.807, 2.05) is 13.0 Å². The number of hydrogen-bond donors (Lipinski definition) is 0. The Labute approximate surface area is 121 Å². The highest BCUT2D eigenvalue weighted by molar-refractivity contribution is 6.33. The van der Waals surface area contributed by atoms with Gasteiger partial charge >= 0.3 is 0 Å². The van der Waals surface area contributed by atoms with Gasteiger partial charge in [-0.15, -0.1) is 11.6 Å². The van der Waals surface area contributed by atoms with Crippen molar-refractivity contribution in [1.29, 1.82) is 0 Å². The van der Waals surface area contributed by atoms with Crippen molar-refractivity contribution in [2.75, 3.05) is 0 Å². The summed E-state index contributed by atoms with van der Waals surface area (Å²) in [7, 11) is 0. The molecule has 0 bridgehead atoms. The molecule has 0 aliphatic heterocycles. The van der Waals surface area contributed by atoms with E-state index in [9.17, 15) is 4.79 Å². The number of alkyl halides is 1. The second-order valence-corrected chi connectivity index (χ2v) is 7.35. The molecule has 1 aliphatic carbocycles. The number of rotatable bonds is 3. The molecule has 0 aromatic carbocycles. The lowest BCUT2D eigenvalue weighted by Gasteiger charge is -2.21. The van der Waals surface area contributed by atoms with Crippen LogP contribution in [0.25, 0.3) is 0 Å². The summed E-state index contributed by atoms with van der Waals surface area (Å²) in [4.78, 5) is 12.1. The van der Waals surface area contributed by atoms with Gasteiger partial charge in [0, 0.05) is 23.0 Å². The van der Waals surface area contributed by atoms with Crippen LogP contribution in [0.5, 0.6) is 0 Å². The molecule has 0 radical (unpaired) electrons. The number of nitrogens with zero attached hydrogens (tertiary/aromatic N) is 1. The molecule has 1 aromatic rings. The zero-order valence-corrected chi connectivity index (χ0v) is 13.3. The van der Waals surface area contributed by atoms with E-state index in [0.29, 0.717) is 11.5 Å². The summed E-state index contributed by atoms with van der Waals surface area (Å²) in [5.74, 6) is 0.0401. The summed E-state index contributed by atoms with van der Waals surface area (Å²) in [5, 5.41) is -0.450. The van der Waals surface area contributed by atoms with Crippen molar-refractivity contribution >= 4 is 17.4 Å². The van der Waals surface area contributed by atoms with Crippen LogP contribution in [0, 0.1) is 19.3 Å². The first-order valence-corrected chi connectivity index (χ1v) is 7.53. The van der Waals surface area contributed by atoms with E-state index < -0.39 is 5.38 Å². The number of carbonyl (C=O) groups is 1. The molecule has 19 heavy (non-hydrogen) atoms. The average Bonchev–Trinajstić information content (AvgIpc) is 2.78. The van der Waals surface area contributed by atoms with Crippen LogP contribution >= 0.6 is 11.6 Å². The third-order valence-electron chi connectivity index (χ3n) is 4.42. The molecule has 0 N–H and O–H groups in total. The van der Waals surface area contributed by atoms with Crippen LogP contribution in [0.3, 0.4) is 0 Å². The van der Waals surface area contributed by atoms with Gasteiger partial charge in [-0.1, -0.05) is 13.8 Å². The first-order chi connectivity index (χ1) is 8.73. The van der Waals surface area contributed by atoms with Crippen LogP contribution < -0.4 is 0 Å². The summed E-state index contributed by atoms with van der Waals surface area (Å²) < 4.78 is 2.35. The summed E-state index contributed by atoms with van der Waals surface area (Å²) in [5.41, 5.74) is 3.47. The summed E-state index contributed by atoms with van der Waals surface area (Å²) >= 11 is 5.94. The SMILES string of the molecule is Cc1cc(C(=O)C(C)Cl)c(C)n1C1CCC(C)(C)C1. The molecule has 0 amide bonds. The monoisotopic (exact) mass is 281 g/mol. The molecule has 1 aliphatic rings. The first kappa shape index (κ1) is 14.6. The second-order valence-electron chi connectivity index (χ2n) is 6.70. The predicted molar refractivity (Wildman–Crippen MR) is 80.2 cm³/mol. The Morgan fingerprint density at radius 2 is 2.11 bits per heavy atom. The number of ketones is 1. The number of carbonyl (C=O) groups excluding carboxylic acids is 1. The van der Waals surface area contributed by atoms with E-state index in [2.05, 4.69) is 25.3 Å². The number of hydrogen-bond acceptors (Lipinski definition) is 1. The number of halogens is 1. The van der Waals surface area contributed by atoms with E-state index >= 15 is 0 Å². The van der Waals surface area contributed by atoms with Crippen molar-refractivity contribution in [2.45, 2.75) is 65.3 Å². The Balaban J connectivity index is 2.35. The van der Waals surface area contributed by atoms with Gasteiger partial charge in [-0.05, 0) is 51.5 Å². The zero-order valence-electron chi connectivity index (χ0n) is 12.6. The van der Waals surface area contributed by atoms with Crippen molar-refractivity contribution in [3.8, 4) is 0 Å². The van der Waals surface area contributed by atoms with E-state index in [1.165, 1.54) is 25.0 Å². The number of aromatic nitrogens is 1. The molecule has 1 fully saturated rings. The Bertz CT molecular complexity index is 499. The minimum absolute atomic E-state index is 0.0401. The molecule has 2 atom stereocenters. The lowest BCUT2D eigenvalue weighted by Crippen LogP contribution is -2.14. The van der Waals surface area contributed by atoms with Crippen LogP contribution in [-0.4, -0.2) is 15.7 Å². The van der Waals surface area contributed by atoms with Gasteiger partial charge in [0.1, 0.15) is 0 Å². The van der Waals surface area contributed by atoms with E-state index in [0.717, 1.165) is 11.3 Å². The van der Waals surface area contributed by atoms with Crippen LogP contribution in [0.2, 0.25) is 0 Å². The fraction of sp³-hybridized carbons (Fsp3) is 0.688. The van der Waals surface area contributed by atoms with Crippen LogP contribution in [0.15, 0.2) is 6.07 Å². The molecule has 2 nitrogen and oxygen atoms in total.